The zero-order valence-corrected chi connectivity index (χ0v) is 16.6. The van der Waals surface area contributed by atoms with E-state index < -0.39 is 5.91 Å². The number of nitrogens with zero attached hydrogens (tertiary/aromatic N) is 2. The molecule has 0 aliphatic carbocycles. The number of benzene rings is 2. The van der Waals surface area contributed by atoms with Crippen LogP contribution in [0.25, 0.3) is 6.08 Å². The fourth-order valence-electron chi connectivity index (χ4n) is 2.62. The van der Waals surface area contributed by atoms with Gasteiger partial charge in [0.05, 0.1) is 0 Å². The van der Waals surface area contributed by atoms with Crippen molar-refractivity contribution in [2.24, 2.45) is 0 Å². The summed E-state index contributed by atoms with van der Waals surface area (Å²) in [5.74, 6) is -0.239. The highest BCUT2D eigenvalue weighted by molar-refractivity contribution is 6.01. The molecule has 0 aliphatic heterocycles. The molecule has 2 N–H and O–H groups in total. The first kappa shape index (κ1) is 21.3. The molecule has 3 rings (SSSR count). The molecular formula is C24H20N4O3. The van der Waals surface area contributed by atoms with E-state index in [0.29, 0.717) is 17.0 Å². The van der Waals surface area contributed by atoms with Gasteiger partial charge in [-0.2, -0.15) is 5.26 Å². The molecule has 0 fully saturated rings. The molecule has 1 aromatic heterocycles. The minimum absolute atomic E-state index is 0.0141. The normalized spacial score (nSPS) is 10.6. The lowest BCUT2D eigenvalue weighted by Crippen LogP contribution is -2.24. The van der Waals surface area contributed by atoms with E-state index in [4.69, 9.17) is 4.74 Å². The number of pyridine rings is 1. The summed E-state index contributed by atoms with van der Waals surface area (Å²) in [5, 5.41) is 14.7. The molecule has 0 atom stereocenters. The van der Waals surface area contributed by atoms with Crippen molar-refractivity contribution >= 4 is 23.6 Å². The average molecular weight is 412 g/mol. The fraction of sp³-hybridized carbons (Fsp3) is 0.0833. The Balaban J connectivity index is 1.53. The number of hydrogen-bond donors (Lipinski definition) is 2. The van der Waals surface area contributed by atoms with E-state index in [1.165, 1.54) is 6.08 Å². The number of aromatic nitrogens is 1. The van der Waals surface area contributed by atoms with Crippen molar-refractivity contribution in [2.45, 2.75) is 6.54 Å². The zero-order valence-electron chi connectivity index (χ0n) is 16.6. The van der Waals surface area contributed by atoms with Crippen LogP contribution in [-0.4, -0.2) is 23.4 Å². The molecule has 31 heavy (non-hydrogen) atoms. The maximum Gasteiger partial charge on any atom is 0.262 e. The number of nitriles is 1. The Morgan fingerprint density at radius 1 is 1.03 bits per heavy atom. The van der Waals surface area contributed by atoms with Crippen LogP contribution in [0.3, 0.4) is 0 Å². The van der Waals surface area contributed by atoms with E-state index in [1.807, 2.05) is 30.3 Å². The van der Waals surface area contributed by atoms with E-state index in [-0.39, 0.29) is 24.6 Å². The second-order valence-electron chi connectivity index (χ2n) is 6.49. The fourth-order valence-corrected chi connectivity index (χ4v) is 2.62. The number of rotatable bonds is 8. The molecule has 0 saturated carbocycles. The summed E-state index contributed by atoms with van der Waals surface area (Å²) in [6.45, 7) is 0.147. The summed E-state index contributed by atoms with van der Waals surface area (Å²) in [4.78, 5) is 28.2. The number of para-hydroxylation sites is 1. The minimum atomic E-state index is -0.468. The van der Waals surface area contributed by atoms with Crippen LogP contribution in [0, 0.1) is 11.3 Å². The minimum Gasteiger partial charge on any atom is -0.484 e. The van der Waals surface area contributed by atoms with Gasteiger partial charge in [0.15, 0.2) is 6.61 Å². The largest absolute Gasteiger partial charge is 0.484 e. The molecule has 2 amide bonds. The maximum atomic E-state index is 12.3. The van der Waals surface area contributed by atoms with Crippen molar-refractivity contribution in [1.82, 2.24) is 10.3 Å². The third kappa shape index (κ3) is 6.84. The summed E-state index contributed by atoms with van der Waals surface area (Å²) < 4.78 is 5.48. The number of carbonyl (C=O) groups excluding carboxylic acids is 2. The Morgan fingerprint density at radius 2 is 1.81 bits per heavy atom. The number of hydrogen-bond acceptors (Lipinski definition) is 5. The highest BCUT2D eigenvalue weighted by atomic mass is 16.5. The molecule has 3 aromatic rings. The third-order valence-corrected chi connectivity index (χ3v) is 4.16. The van der Waals surface area contributed by atoms with Gasteiger partial charge < -0.3 is 15.4 Å². The maximum absolute atomic E-state index is 12.3. The predicted octanol–water partition coefficient (Wildman–Crippen LogP) is 3.32. The second kappa shape index (κ2) is 10.9. The summed E-state index contributed by atoms with van der Waals surface area (Å²) in [6.07, 6.45) is 4.79. The van der Waals surface area contributed by atoms with Gasteiger partial charge >= 0.3 is 0 Å². The van der Waals surface area contributed by atoms with Gasteiger partial charge in [-0.15, -0.1) is 0 Å². The van der Waals surface area contributed by atoms with Crippen LogP contribution in [0.4, 0.5) is 5.69 Å². The number of nitrogens with one attached hydrogen (secondary N) is 2. The van der Waals surface area contributed by atoms with Gasteiger partial charge in [0.2, 0.25) is 0 Å². The van der Waals surface area contributed by atoms with Crippen molar-refractivity contribution in [3.05, 3.63) is 95.8 Å². The van der Waals surface area contributed by atoms with Crippen LogP contribution in [0.2, 0.25) is 0 Å². The van der Waals surface area contributed by atoms with Crippen LogP contribution in [-0.2, 0) is 16.1 Å². The van der Waals surface area contributed by atoms with E-state index in [0.717, 1.165) is 5.56 Å². The third-order valence-electron chi connectivity index (χ3n) is 4.16. The number of amides is 2. The van der Waals surface area contributed by atoms with Crippen LogP contribution in [0.5, 0.6) is 5.75 Å². The van der Waals surface area contributed by atoms with Crippen molar-refractivity contribution in [1.29, 1.82) is 5.26 Å². The molecule has 7 heteroatoms. The van der Waals surface area contributed by atoms with E-state index in [9.17, 15) is 14.9 Å². The highest BCUT2D eigenvalue weighted by Gasteiger charge is 2.09. The first-order chi connectivity index (χ1) is 15.1. The zero-order chi connectivity index (χ0) is 21.9. The number of carbonyl (C=O) groups is 2. The van der Waals surface area contributed by atoms with Gasteiger partial charge in [0.1, 0.15) is 17.4 Å². The highest BCUT2D eigenvalue weighted by Crippen LogP contribution is 2.15. The molecule has 2 aromatic carbocycles. The van der Waals surface area contributed by atoms with Gasteiger partial charge in [-0.3, -0.25) is 14.6 Å². The van der Waals surface area contributed by atoms with Crippen molar-refractivity contribution in [3.63, 3.8) is 0 Å². The molecule has 1 heterocycles. The summed E-state index contributed by atoms with van der Waals surface area (Å²) in [7, 11) is 0. The summed E-state index contributed by atoms with van der Waals surface area (Å²) in [6, 6.07) is 21.4. The van der Waals surface area contributed by atoms with Crippen molar-refractivity contribution in [2.75, 3.05) is 11.9 Å². The van der Waals surface area contributed by atoms with Crippen LogP contribution < -0.4 is 15.4 Å². The van der Waals surface area contributed by atoms with Gasteiger partial charge in [-0.25, -0.2) is 0 Å². The van der Waals surface area contributed by atoms with Crippen LogP contribution in [0.1, 0.15) is 11.1 Å². The monoisotopic (exact) mass is 412 g/mol. The van der Waals surface area contributed by atoms with E-state index >= 15 is 0 Å². The quantitative estimate of drug-likeness (QED) is 0.436. The SMILES string of the molecule is N#CC(=Cc1ccc(OCC(=O)Nc2ccccc2)cc1)C(=O)NCc1cccnc1. The molecular weight excluding hydrogens is 392 g/mol. The average Bonchev–Trinajstić information content (AvgIpc) is 2.81. The van der Waals surface area contributed by atoms with E-state index in [1.54, 1.807) is 54.9 Å². The van der Waals surface area contributed by atoms with Crippen molar-refractivity contribution < 1.29 is 14.3 Å². The second-order valence-corrected chi connectivity index (χ2v) is 6.49. The standard InChI is InChI=1S/C24H20N4O3/c25-14-20(24(30)27-16-19-5-4-12-26-15-19)13-18-8-10-22(11-9-18)31-17-23(29)28-21-6-2-1-3-7-21/h1-13,15H,16-17H2,(H,27,30)(H,28,29). The number of ether oxygens (including phenoxy) is 1. The lowest BCUT2D eigenvalue weighted by molar-refractivity contribution is -0.118. The van der Waals surface area contributed by atoms with Crippen molar-refractivity contribution in [3.8, 4) is 11.8 Å². The van der Waals surface area contributed by atoms with Gasteiger partial charge in [0, 0.05) is 24.6 Å². The number of anilines is 1. The molecule has 0 aliphatic rings. The Morgan fingerprint density at radius 3 is 2.48 bits per heavy atom. The van der Waals surface area contributed by atoms with Crippen LogP contribution in [0.15, 0.2) is 84.7 Å². The first-order valence-corrected chi connectivity index (χ1v) is 9.51. The lowest BCUT2D eigenvalue weighted by Gasteiger charge is -2.08. The predicted molar refractivity (Wildman–Crippen MR) is 117 cm³/mol. The van der Waals surface area contributed by atoms with Crippen LogP contribution >= 0.6 is 0 Å². The Hall–Kier alpha value is -4.44. The van der Waals surface area contributed by atoms with Gasteiger partial charge in [-0.1, -0.05) is 36.4 Å². The lowest BCUT2D eigenvalue weighted by atomic mass is 10.1. The molecule has 0 bridgehead atoms. The Kier molecular flexibility index (Phi) is 7.50. The molecule has 0 spiro atoms. The summed E-state index contributed by atoms with van der Waals surface area (Å²) in [5.41, 5.74) is 2.18. The topological polar surface area (TPSA) is 104 Å². The van der Waals surface area contributed by atoms with Gasteiger partial charge in [0.25, 0.3) is 11.8 Å². The molecule has 7 nitrogen and oxygen atoms in total. The first-order valence-electron chi connectivity index (χ1n) is 9.51. The molecule has 0 radical (unpaired) electrons. The smallest absolute Gasteiger partial charge is 0.262 e. The summed E-state index contributed by atoms with van der Waals surface area (Å²) >= 11 is 0. The Labute approximate surface area is 180 Å². The Bertz CT molecular complexity index is 1090. The van der Waals surface area contributed by atoms with Gasteiger partial charge in [-0.05, 0) is 47.5 Å². The molecule has 154 valence electrons. The van der Waals surface area contributed by atoms with E-state index in [2.05, 4.69) is 15.6 Å². The molecule has 0 unspecified atom stereocenters. The molecule has 0 saturated heterocycles.